The monoisotopic (exact) mass is 851 g/mol. The zero-order valence-electron chi connectivity index (χ0n) is 34.1. The fourth-order valence-corrected chi connectivity index (χ4v) is 12.3. The lowest BCUT2D eigenvalue weighted by molar-refractivity contribution is 1.07. The molecule has 0 unspecified atom stereocenters. The minimum absolute atomic E-state index is 0.630. The van der Waals surface area contributed by atoms with Crippen molar-refractivity contribution >= 4 is 107 Å². The molecule has 0 aliphatic carbocycles. The normalized spacial score (nSPS) is 12.1. The molecule has 0 atom stereocenters. The van der Waals surface area contributed by atoms with Crippen molar-refractivity contribution in [1.29, 1.82) is 0 Å². The van der Waals surface area contributed by atoms with Gasteiger partial charge in [-0.1, -0.05) is 146 Å². The van der Waals surface area contributed by atoms with Gasteiger partial charge in [0, 0.05) is 84.3 Å². The second-order valence-corrected chi connectivity index (χ2v) is 18.5. The van der Waals surface area contributed by atoms with Gasteiger partial charge in [0.1, 0.15) is 0 Å². The predicted molar refractivity (Wildman–Crippen MR) is 271 cm³/mol. The van der Waals surface area contributed by atoms with E-state index in [0.717, 1.165) is 39.1 Å². The van der Waals surface area contributed by atoms with Crippen LogP contribution in [0.1, 0.15) is 0 Å². The lowest BCUT2D eigenvalue weighted by Crippen LogP contribution is -2.02. The fourth-order valence-electron chi connectivity index (χ4n) is 9.95. The summed E-state index contributed by atoms with van der Waals surface area (Å²) in [5.41, 5.74) is 9.68. The van der Waals surface area contributed by atoms with Gasteiger partial charge in [-0.3, -0.25) is 0 Å². The molecule has 0 spiro atoms. The molecule has 5 aromatic heterocycles. The van der Waals surface area contributed by atoms with E-state index in [1.54, 1.807) is 11.3 Å². The highest BCUT2D eigenvalue weighted by Gasteiger charge is 2.24. The predicted octanol–water partition coefficient (Wildman–Crippen LogP) is 15.8. The van der Waals surface area contributed by atoms with Crippen molar-refractivity contribution in [1.82, 2.24) is 24.1 Å². The van der Waals surface area contributed by atoms with Gasteiger partial charge in [-0.05, 0) is 54.6 Å². The van der Waals surface area contributed by atoms with Gasteiger partial charge in [0.25, 0.3) is 0 Å². The van der Waals surface area contributed by atoms with Crippen molar-refractivity contribution in [2.24, 2.45) is 0 Å². The molecule has 0 bridgehead atoms. The molecule has 14 rings (SSSR count). The lowest BCUT2D eigenvalue weighted by atomic mass is 10.1. The third kappa shape index (κ3) is 5.26. The molecular formula is C57H33N5S2. The Balaban J connectivity index is 1.10. The van der Waals surface area contributed by atoms with Crippen LogP contribution in [0.25, 0.3) is 129 Å². The molecule has 9 aromatic carbocycles. The molecule has 0 aliphatic heterocycles. The van der Waals surface area contributed by atoms with E-state index in [2.05, 4.69) is 191 Å². The molecule has 0 amide bonds. The molecule has 7 heteroatoms. The van der Waals surface area contributed by atoms with Crippen molar-refractivity contribution in [2.75, 3.05) is 0 Å². The van der Waals surface area contributed by atoms with Crippen LogP contribution < -0.4 is 0 Å². The summed E-state index contributed by atoms with van der Waals surface area (Å²) in [6, 6.07) is 71.9. The number of hydrogen-bond donors (Lipinski definition) is 0. The molecule has 5 heterocycles. The van der Waals surface area contributed by atoms with Crippen LogP contribution in [0.15, 0.2) is 200 Å². The third-order valence-electron chi connectivity index (χ3n) is 12.7. The summed E-state index contributed by atoms with van der Waals surface area (Å²) >= 11 is 3.62. The highest BCUT2D eigenvalue weighted by molar-refractivity contribution is 7.26. The molecule has 298 valence electrons. The van der Waals surface area contributed by atoms with Crippen LogP contribution in [0.4, 0.5) is 0 Å². The Bertz CT molecular complexity index is 4200. The maximum atomic E-state index is 5.37. The van der Waals surface area contributed by atoms with E-state index in [4.69, 9.17) is 15.0 Å². The molecule has 64 heavy (non-hydrogen) atoms. The summed E-state index contributed by atoms with van der Waals surface area (Å²) in [7, 11) is 0. The molecule has 0 saturated heterocycles. The summed E-state index contributed by atoms with van der Waals surface area (Å²) in [6.45, 7) is 0. The Morgan fingerprint density at radius 2 is 0.797 bits per heavy atom. The van der Waals surface area contributed by atoms with Crippen LogP contribution >= 0.6 is 22.7 Å². The van der Waals surface area contributed by atoms with Crippen molar-refractivity contribution in [3.8, 4) is 45.5 Å². The van der Waals surface area contributed by atoms with E-state index in [-0.39, 0.29) is 0 Å². The van der Waals surface area contributed by atoms with Gasteiger partial charge < -0.3 is 9.13 Å². The van der Waals surface area contributed by atoms with E-state index in [0.29, 0.717) is 17.5 Å². The van der Waals surface area contributed by atoms with Gasteiger partial charge >= 0.3 is 0 Å². The first-order valence-corrected chi connectivity index (χ1v) is 23.1. The Kier molecular flexibility index (Phi) is 7.66. The van der Waals surface area contributed by atoms with Crippen LogP contribution in [0.5, 0.6) is 0 Å². The van der Waals surface area contributed by atoms with Crippen molar-refractivity contribution in [3.05, 3.63) is 200 Å². The van der Waals surface area contributed by atoms with Crippen LogP contribution in [0.2, 0.25) is 0 Å². The summed E-state index contributed by atoms with van der Waals surface area (Å²) in [6.07, 6.45) is 0. The summed E-state index contributed by atoms with van der Waals surface area (Å²) in [4.78, 5) is 15.9. The zero-order valence-corrected chi connectivity index (χ0v) is 35.7. The SMILES string of the molecule is c1ccc(-c2nc(-c3ccc4c(c3)sc3ccccc34)nc(-c3cc(-n4c5ccccc5c5ccc6c7ccccc7n(-c7ccccc7)c6c54)c4c(c3)sc3ccccc34)n2)cc1. The van der Waals surface area contributed by atoms with Crippen LogP contribution in [-0.4, -0.2) is 24.1 Å². The highest BCUT2D eigenvalue weighted by Crippen LogP contribution is 2.46. The fraction of sp³-hybridized carbons (Fsp3) is 0. The minimum Gasteiger partial charge on any atom is -0.307 e. The first-order chi connectivity index (χ1) is 31.7. The maximum Gasteiger partial charge on any atom is 0.164 e. The van der Waals surface area contributed by atoms with Gasteiger partial charge in [-0.25, -0.2) is 15.0 Å². The first kappa shape index (κ1) is 35.6. The summed E-state index contributed by atoms with van der Waals surface area (Å²) < 4.78 is 9.86. The molecule has 14 aromatic rings. The lowest BCUT2D eigenvalue weighted by Gasteiger charge is -2.15. The zero-order chi connectivity index (χ0) is 41.9. The van der Waals surface area contributed by atoms with E-state index < -0.39 is 0 Å². The third-order valence-corrected chi connectivity index (χ3v) is 15.0. The van der Waals surface area contributed by atoms with Crippen molar-refractivity contribution in [3.63, 3.8) is 0 Å². The summed E-state index contributed by atoms with van der Waals surface area (Å²) in [5.74, 6) is 1.92. The number of para-hydroxylation sites is 3. The van der Waals surface area contributed by atoms with E-state index in [9.17, 15) is 0 Å². The second-order valence-electron chi connectivity index (χ2n) is 16.3. The quantitative estimate of drug-likeness (QED) is 0.173. The number of nitrogens with zero attached hydrogens (tertiary/aromatic N) is 5. The van der Waals surface area contributed by atoms with Crippen molar-refractivity contribution < 1.29 is 0 Å². The molecule has 0 aliphatic rings. The molecule has 0 saturated carbocycles. The number of rotatable bonds is 5. The topological polar surface area (TPSA) is 48.5 Å². The van der Waals surface area contributed by atoms with Crippen molar-refractivity contribution in [2.45, 2.75) is 0 Å². The van der Waals surface area contributed by atoms with Crippen LogP contribution in [0, 0.1) is 0 Å². The maximum absolute atomic E-state index is 5.37. The number of thiophene rings is 2. The highest BCUT2D eigenvalue weighted by atomic mass is 32.1. The average molecular weight is 852 g/mol. The smallest absolute Gasteiger partial charge is 0.164 e. The molecule has 5 nitrogen and oxygen atoms in total. The molecule has 0 fully saturated rings. The van der Waals surface area contributed by atoms with Crippen LogP contribution in [-0.2, 0) is 0 Å². The number of hydrogen-bond acceptors (Lipinski definition) is 5. The first-order valence-electron chi connectivity index (χ1n) is 21.4. The summed E-state index contributed by atoms with van der Waals surface area (Å²) in [5, 5.41) is 9.78. The van der Waals surface area contributed by atoms with Gasteiger partial charge in [-0.2, -0.15) is 0 Å². The molecule has 0 N–H and O–H groups in total. The van der Waals surface area contributed by atoms with Gasteiger partial charge in [-0.15, -0.1) is 22.7 Å². The standard InChI is InChI=1S/C57H33N5S2/c1-3-15-34(16-4-1)55-58-56(35-27-28-41-40-21-9-13-25-48(40)63-50(41)32-35)60-57(59-55)36-31-47(52-44-22-10-14-26-49(44)64-51(52)33-36)62-46-24-12-8-20-39(46)43-30-29-42-38-19-7-11-23-45(38)61(53(42)54(43)62)37-17-5-2-6-18-37/h1-33H. The van der Waals surface area contributed by atoms with E-state index in [1.165, 1.54) is 72.9 Å². The molecule has 0 radical (unpaired) electrons. The second kappa shape index (κ2) is 13.8. The Morgan fingerprint density at radius 1 is 0.312 bits per heavy atom. The number of fused-ring (bicyclic) bond motifs is 13. The van der Waals surface area contributed by atoms with Gasteiger partial charge in [0.15, 0.2) is 17.5 Å². The Morgan fingerprint density at radius 3 is 1.52 bits per heavy atom. The van der Waals surface area contributed by atoms with E-state index >= 15 is 0 Å². The average Bonchev–Trinajstić information content (AvgIpc) is 4.11. The Labute approximate surface area is 374 Å². The van der Waals surface area contributed by atoms with E-state index in [1.807, 2.05) is 29.5 Å². The minimum atomic E-state index is 0.630. The number of aromatic nitrogens is 5. The van der Waals surface area contributed by atoms with Gasteiger partial charge in [0.05, 0.1) is 27.8 Å². The largest absolute Gasteiger partial charge is 0.307 e. The Hall–Kier alpha value is -7.97. The van der Waals surface area contributed by atoms with Crippen LogP contribution in [0.3, 0.4) is 0 Å². The number of benzene rings is 9. The van der Waals surface area contributed by atoms with Gasteiger partial charge in [0.2, 0.25) is 0 Å². The molecular weight excluding hydrogens is 819 g/mol.